The van der Waals surface area contributed by atoms with Crippen LogP contribution in [0.1, 0.15) is 106 Å². The average Bonchev–Trinajstić information content (AvgIpc) is 3.44. The van der Waals surface area contributed by atoms with Gasteiger partial charge in [0.05, 0.1) is 21.9 Å². The zero-order valence-corrected chi connectivity index (χ0v) is 47.1. The van der Waals surface area contributed by atoms with Crippen molar-refractivity contribution in [2.24, 2.45) is 0 Å². The topological polar surface area (TPSA) is 160 Å². The molecule has 0 atom stereocenters. The van der Waals surface area contributed by atoms with E-state index in [2.05, 4.69) is 80.6 Å². The Bertz CT molecular complexity index is 2930. The number of rotatable bonds is 9. The molecule has 0 spiro atoms. The summed E-state index contributed by atoms with van der Waals surface area (Å²) in [7, 11) is 0. The summed E-state index contributed by atoms with van der Waals surface area (Å²) >= 11 is 0. The molecule has 8 rings (SSSR count). The molecule has 0 saturated carbocycles. The van der Waals surface area contributed by atoms with Crippen LogP contribution in [-0.2, 0) is 21.9 Å². The van der Waals surface area contributed by atoms with Crippen molar-refractivity contribution in [3.05, 3.63) is 214 Å². The van der Waals surface area contributed by atoms with Crippen molar-refractivity contribution in [1.82, 2.24) is 24.4 Å². The van der Waals surface area contributed by atoms with Gasteiger partial charge in [0.25, 0.3) is 6.47 Å². The van der Waals surface area contributed by atoms with E-state index in [9.17, 15) is 40.7 Å². The number of para-hydroxylation sites is 4. The monoisotopic (exact) mass is 1110 g/mol. The first-order chi connectivity index (χ1) is 38.2. The zero-order valence-electron chi connectivity index (χ0n) is 47.1. The van der Waals surface area contributed by atoms with Crippen LogP contribution in [0.15, 0.2) is 193 Å². The molecule has 18 heteroatoms. The summed E-state index contributed by atoms with van der Waals surface area (Å²) in [5.74, 6) is 0.642. The normalized spacial score (nSPS) is 9.80. The Morgan fingerprint density at radius 3 is 1.07 bits per heavy atom. The standard InChI is InChI=1S/2C21H14F3N3O.C4H7NO.C4H10.2C3H8.C3H6.C2H6.CH2O2/c2*22-21(23,24)16-11-12-25-20-19(16)17(28)13-18(26-14-7-3-1-4-8-14)27(20)15-9-5-2-6-10-15;1-4(2)5-3-6;1-3-4-2;3*1-3-2;1-2;2-1-3/h2*1-13,26H;3H,1H2,2H3,(H,5,6);3-4H2,1-2H3;2*3H2,1-2H3;3H,1H2,2H3;1-2H3;1H,(H,2,3). The number of nitrogens with one attached hydrogen (secondary N) is 3. The number of hydrogen-bond acceptors (Lipinski definition) is 8. The van der Waals surface area contributed by atoms with Gasteiger partial charge < -0.3 is 21.1 Å². The van der Waals surface area contributed by atoms with Gasteiger partial charge in [-0.1, -0.05) is 167 Å². The van der Waals surface area contributed by atoms with Crippen LogP contribution in [0.5, 0.6) is 0 Å². The molecule has 0 aliphatic carbocycles. The number of carbonyl (C=O) groups is 2. The third-order valence-electron chi connectivity index (χ3n) is 9.33. The lowest BCUT2D eigenvalue weighted by atomic mass is 10.1. The Balaban J connectivity index is 0.00000112. The minimum Gasteiger partial charge on any atom is -0.483 e. The van der Waals surface area contributed by atoms with Crippen molar-refractivity contribution in [3.63, 3.8) is 0 Å². The third-order valence-corrected chi connectivity index (χ3v) is 9.33. The summed E-state index contributed by atoms with van der Waals surface area (Å²) in [5, 5.41) is 14.5. The number of unbranched alkanes of at least 4 members (excludes halogenated alkanes) is 1. The van der Waals surface area contributed by atoms with Gasteiger partial charge in [0.1, 0.15) is 11.6 Å². The molecule has 1 amide bonds. The zero-order chi connectivity index (χ0) is 60.7. The Hall–Kier alpha value is -8.80. The quantitative estimate of drug-likeness (QED) is 0.0627. The molecular weight excluding hydrogens is 1040 g/mol. The molecule has 0 unspecified atom stereocenters. The van der Waals surface area contributed by atoms with Gasteiger partial charge in [-0.15, -0.1) is 6.58 Å². The number of anilines is 4. The first-order valence-corrected chi connectivity index (χ1v) is 25.7. The summed E-state index contributed by atoms with van der Waals surface area (Å²) in [6.07, 6.45) is 0.293. The number of pyridine rings is 4. The number of halogens is 6. The highest BCUT2D eigenvalue weighted by Crippen LogP contribution is 2.36. The lowest BCUT2D eigenvalue weighted by molar-refractivity contribution is -0.137. The van der Waals surface area contributed by atoms with Crippen molar-refractivity contribution in [1.29, 1.82) is 0 Å². The van der Waals surface area contributed by atoms with Gasteiger partial charge in [0, 0.05) is 53.0 Å². The highest BCUT2D eigenvalue weighted by molar-refractivity contribution is 5.85. The van der Waals surface area contributed by atoms with E-state index in [1.54, 1.807) is 97.9 Å². The molecule has 8 aromatic rings. The average molecular weight is 1110 g/mol. The summed E-state index contributed by atoms with van der Waals surface area (Å²) in [6.45, 7) is 27.0. The van der Waals surface area contributed by atoms with Crippen molar-refractivity contribution in [2.45, 2.75) is 107 Å². The number of benzene rings is 4. The summed E-state index contributed by atoms with van der Waals surface area (Å²) in [6, 6.07) is 39.7. The second-order valence-electron chi connectivity index (χ2n) is 16.2. The van der Waals surface area contributed by atoms with Crippen LogP contribution in [0.25, 0.3) is 33.4 Å². The van der Waals surface area contributed by atoms with Crippen molar-refractivity contribution in [2.75, 3.05) is 10.6 Å². The number of carboxylic acid groups (broad SMARTS) is 1. The van der Waals surface area contributed by atoms with Crippen molar-refractivity contribution in [3.8, 4) is 11.4 Å². The number of carbonyl (C=O) groups excluding carboxylic acids is 1. The number of amides is 1. The molecule has 0 aliphatic rings. The van der Waals surface area contributed by atoms with Gasteiger partial charge in [-0.25, -0.2) is 9.97 Å². The molecule has 0 saturated heterocycles. The summed E-state index contributed by atoms with van der Waals surface area (Å²) in [4.78, 5) is 51.3. The van der Waals surface area contributed by atoms with Crippen LogP contribution in [-0.4, -0.2) is 37.1 Å². The molecule has 4 heterocycles. The summed E-state index contributed by atoms with van der Waals surface area (Å²) < 4.78 is 84.0. The fourth-order valence-corrected chi connectivity index (χ4v) is 6.25. The minimum atomic E-state index is -4.66. The Morgan fingerprint density at radius 2 is 0.850 bits per heavy atom. The fraction of sp³-hybridized carbons (Fsp3) is 0.258. The van der Waals surface area contributed by atoms with E-state index >= 15 is 0 Å². The van der Waals surface area contributed by atoms with Gasteiger partial charge in [-0.05, 0) is 74.5 Å². The molecule has 430 valence electrons. The van der Waals surface area contributed by atoms with Gasteiger partial charge in [0.2, 0.25) is 6.41 Å². The Morgan fingerprint density at radius 1 is 0.575 bits per heavy atom. The van der Waals surface area contributed by atoms with Crippen LogP contribution >= 0.6 is 0 Å². The smallest absolute Gasteiger partial charge is 0.417 e. The molecule has 80 heavy (non-hydrogen) atoms. The number of allylic oxidation sites excluding steroid dienone is 2. The molecular formula is C62H75F6N7O5. The maximum atomic E-state index is 13.5. The number of nitrogens with zero attached hydrogens (tertiary/aromatic N) is 4. The lowest BCUT2D eigenvalue weighted by Crippen LogP contribution is -2.18. The van der Waals surface area contributed by atoms with Crippen molar-refractivity contribution >= 4 is 58.0 Å². The predicted molar refractivity (Wildman–Crippen MR) is 317 cm³/mol. The van der Waals surface area contributed by atoms with Gasteiger partial charge >= 0.3 is 12.4 Å². The largest absolute Gasteiger partial charge is 0.483 e. The maximum absolute atomic E-state index is 13.5. The van der Waals surface area contributed by atoms with E-state index in [1.807, 2.05) is 57.2 Å². The number of alkyl halides is 6. The first kappa shape index (κ1) is 71.2. The van der Waals surface area contributed by atoms with Crippen LogP contribution < -0.4 is 26.8 Å². The van der Waals surface area contributed by atoms with Gasteiger partial charge in [0.15, 0.2) is 22.2 Å². The predicted octanol–water partition coefficient (Wildman–Crippen LogP) is 17.1. The van der Waals surface area contributed by atoms with Crippen molar-refractivity contribution < 1.29 is 41.0 Å². The molecule has 0 radical (unpaired) electrons. The molecule has 4 aromatic heterocycles. The highest BCUT2D eigenvalue weighted by atomic mass is 19.4. The lowest BCUT2D eigenvalue weighted by Gasteiger charge is -2.19. The minimum absolute atomic E-state index is 0.0630. The van der Waals surface area contributed by atoms with E-state index in [0.717, 1.165) is 24.5 Å². The molecule has 0 aliphatic heterocycles. The van der Waals surface area contributed by atoms with Gasteiger partial charge in [-0.2, -0.15) is 26.3 Å². The Labute approximate surface area is 465 Å². The fourth-order valence-electron chi connectivity index (χ4n) is 6.25. The van der Waals surface area contributed by atoms with Crippen LogP contribution in [0.3, 0.4) is 0 Å². The Kier molecular flexibility index (Phi) is 35.2. The number of fused-ring (bicyclic) bond motifs is 2. The van der Waals surface area contributed by atoms with Gasteiger partial charge in [-0.3, -0.25) is 28.3 Å². The van der Waals surface area contributed by atoms with E-state index in [-0.39, 0.29) is 17.8 Å². The van der Waals surface area contributed by atoms with Crippen LogP contribution in [0.2, 0.25) is 0 Å². The van der Waals surface area contributed by atoms with E-state index in [4.69, 9.17) is 9.90 Å². The first-order valence-electron chi connectivity index (χ1n) is 25.7. The second-order valence-corrected chi connectivity index (χ2v) is 16.2. The highest BCUT2D eigenvalue weighted by Gasteiger charge is 2.36. The molecule has 0 fully saturated rings. The molecule has 4 N–H and O–H groups in total. The number of hydrogen-bond donors (Lipinski definition) is 4. The van der Waals surface area contributed by atoms with Crippen LogP contribution in [0, 0.1) is 0 Å². The van der Waals surface area contributed by atoms with E-state index in [1.165, 1.54) is 47.0 Å². The third kappa shape index (κ3) is 24.3. The van der Waals surface area contributed by atoms with E-state index in [0.29, 0.717) is 46.5 Å². The molecule has 12 nitrogen and oxygen atoms in total. The second kappa shape index (κ2) is 39.5. The molecule has 0 bridgehead atoms. The SMILES string of the molecule is C=C(C)NC=O.C=CC.CC.CCC.CCC.CCCC.O=CO.O=c1cc(Nc2ccccc2)n(-c2ccccc2)c2nccc(C(F)(F)F)c12.O=c1cc(Nc2ccccc2)n(-c2ccccc2)c2nccc(C(F)(F)F)c12. The van der Waals surface area contributed by atoms with Crippen LogP contribution in [0.4, 0.5) is 49.4 Å². The number of aromatic nitrogens is 4. The van der Waals surface area contributed by atoms with E-state index < -0.39 is 45.1 Å². The molecule has 4 aromatic carbocycles. The maximum Gasteiger partial charge on any atom is 0.417 e. The summed E-state index contributed by atoms with van der Waals surface area (Å²) in [5.41, 5.74) is -0.408.